The van der Waals surface area contributed by atoms with Gasteiger partial charge in [-0.3, -0.25) is 0 Å². The summed E-state index contributed by atoms with van der Waals surface area (Å²) in [7, 11) is 1.70. The van der Waals surface area contributed by atoms with E-state index in [1.54, 1.807) is 13.2 Å². The van der Waals surface area contributed by atoms with E-state index in [1.165, 1.54) is 5.56 Å². The number of anilines is 1. The lowest BCUT2D eigenvalue weighted by molar-refractivity contribution is 0.185. The number of benzene rings is 1. The summed E-state index contributed by atoms with van der Waals surface area (Å²) < 4.78 is 5.14. The number of nitrogens with zero attached hydrogens (tertiary/aromatic N) is 2. The van der Waals surface area contributed by atoms with Gasteiger partial charge < -0.3 is 10.1 Å². The van der Waals surface area contributed by atoms with Gasteiger partial charge in [-0.25, -0.2) is 9.97 Å². The fourth-order valence-corrected chi connectivity index (χ4v) is 2.16. The van der Waals surface area contributed by atoms with Crippen molar-refractivity contribution in [2.45, 2.75) is 32.9 Å². The summed E-state index contributed by atoms with van der Waals surface area (Å²) >= 11 is 6.03. The van der Waals surface area contributed by atoms with Gasteiger partial charge in [0.25, 0.3) is 0 Å². The van der Waals surface area contributed by atoms with Crippen LogP contribution in [0, 0.1) is 0 Å². The van der Waals surface area contributed by atoms with Crippen LogP contribution in [-0.4, -0.2) is 17.1 Å². The molecular formula is C16H20ClN3O. The highest BCUT2D eigenvalue weighted by atomic mass is 35.5. The number of halogens is 1. The summed E-state index contributed by atoms with van der Waals surface area (Å²) in [4.78, 5) is 8.70. The predicted molar refractivity (Wildman–Crippen MR) is 85.6 cm³/mol. The van der Waals surface area contributed by atoms with Gasteiger partial charge in [-0.15, -0.1) is 0 Å². The topological polar surface area (TPSA) is 47.0 Å². The van der Waals surface area contributed by atoms with Gasteiger partial charge in [-0.05, 0) is 11.1 Å². The van der Waals surface area contributed by atoms with Gasteiger partial charge in [-0.1, -0.05) is 49.7 Å². The second-order valence-electron chi connectivity index (χ2n) is 5.20. The molecule has 2 rings (SSSR count). The van der Waals surface area contributed by atoms with Crippen molar-refractivity contribution >= 4 is 17.4 Å². The molecule has 0 spiro atoms. The molecule has 0 saturated heterocycles. The third-order valence-electron chi connectivity index (χ3n) is 3.00. The van der Waals surface area contributed by atoms with Crippen LogP contribution in [0.4, 0.5) is 5.82 Å². The van der Waals surface area contributed by atoms with Crippen LogP contribution >= 0.6 is 11.6 Å². The molecule has 0 aliphatic carbocycles. The third kappa shape index (κ3) is 4.69. The molecule has 4 nitrogen and oxygen atoms in total. The fourth-order valence-electron chi connectivity index (χ4n) is 1.97. The Morgan fingerprint density at radius 3 is 2.67 bits per heavy atom. The predicted octanol–water partition coefficient (Wildman–Crippen LogP) is 4.01. The van der Waals surface area contributed by atoms with Crippen molar-refractivity contribution in [3.8, 4) is 0 Å². The second-order valence-corrected chi connectivity index (χ2v) is 5.58. The molecule has 0 unspecified atom stereocenters. The average molecular weight is 306 g/mol. The molecule has 2 aromatic rings. The Hall–Kier alpha value is -1.65. The van der Waals surface area contributed by atoms with Crippen LogP contribution in [0.25, 0.3) is 0 Å². The van der Waals surface area contributed by atoms with E-state index in [9.17, 15) is 0 Å². The van der Waals surface area contributed by atoms with Gasteiger partial charge in [0, 0.05) is 25.6 Å². The standard InChI is InChI=1S/C16H20ClN3O/c1-11(2)16-19-14(17)8-15(20-16)18-9-12-5-4-6-13(7-12)10-21-3/h4-8,11H,9-10H2,1-3H3,(H,18,19,20). The number of rotatable bonds is 6. The molecule has 0 aliphatic heterocycles. The summed E-state index contributed by atoms with van der Waals surface area (Å²) in [5, 5.41) is 3.75. The molecule has 1 aromatic carbocycles. The molecule has 112 valence electrons. The van der Waals surface area contributed by atoms with Crippen molar-refractivity contribution in [1.29, 1.82) is 0 Å². The molecule has 0 atom stereocenters. The van der Waals surface area contributed by atoms with E-state index in [0.717, 1.165) is 17.2 Å². The van der Waals surface area contributed by atoms with Crippen molar-refractivity contribution in [3.05, 3.63) is 52.4 Å². The molecular weight excluding hydrogens is 286 g/mol. The van der Waals surface area contributed by atoms with Crippen molar-refractivity contribution in [2.75, 3.05) is 12.4 Å². The first kappa shape index (κ1) is 15.7. The first-order valence-corrected chi connectivity index (χ1v) is 7.31. The Kier molecular flexibility index (Phi) is 5.53. The van der Waals surface area contributed by atoms with E-state index in [-0.39, 0.29) is 5.92 Å². The maximum atomic E-state index is 6.03. The molecule has 21 heavy (non-hydrogen) atoms. The molecule has 5 heteroatoms. The Labute approximate surface area is 130 Å². The van der Waals surface area contributed by atoms with Crippen LogP contribution in [0.3, 0.4) is 0 Å². The first-order chi connectivity index (χ1) is 10.1. The smallest absolute Gasteiger partial charge is 0.135 e. The largest absolute Gasteiger partial charge is 0.380 e. The number of methoxy groups -OCH3 is 1. The second kappa shape index (κ2) is 7.38. The SMILES string of the molecule is COCc1cccc(CNc2cc(Cl)nc(C(C)C)n2)c1. The van der Waals surface area contributed by atoms with Crippen LogP contribution in [-0.2, 0) is 17.9 Å². The molecule has 0 amide bonds. The van der Waals surface area contributed by atoms with E-state index >= 15 is 0 Å². The van der Waals surface area contributed by atoms with Crippen molar-refractivity contribution in [1.82, 2.24) is 9.97 Å². The lowest BCUT2D eigenvalue weighted by Gasteiger charge is -2.10. The highest BCUT2D eigenvalue weighted by molar-refractivity contribution is 6.29. The summed E-state index contributed by atoms with van der Waals surface area (Å²) in [6.45, 7) is 5.39. The molecule has 0 bridgehead atoms. The zero-order chi connectivity index (χ0) is 15.2. The lowest BCUT2D eigenvalue weighted by Crippen LogP contribution is -2.06. The average Bonchev–Trinajstić information content (AvgIpc) is 2.45. The third-order valence-corrected chi connectivity index (χ3v) is 3.20. The quantitative estimate of drug-likeness (QED) is 0.819. The first-order valence-electron chi connectivity index (χ1n) is 6.93. The van der Waals surface area contributed by atoms with E-state index < -0.39 is 0 Å². The summed E-state index contributed by atoms with van der Waals surface area (Å²) in [5.74, 6) is 1.74. The highest BCUT2D eigenvalue weighted by Gasteiger charge is 2.07. The van der Waals surface area contributed by atoms with Crippen molar-refractivity contribution < 1.29 is 4.74 Å². The number of hydrogen-bond acceptors (Lipinski definition) is 4. The summed E-state index contributed by atoms with van der Waals surface area (Å²) in [6.07, 6.45) is 0. The van der Waals surface area contributed by atoms with Gasteiger partial charge in [0.15, 0.2) is 0 Å². The fraction of sp³-hybridized carbons (Fsp3) is 0.375. The molecule has 1 heterocycles. The molecule has 1 aromatic heterocycles. The normalized spacial score (nSPS) is 10.9. The van der Waals surface area contributed by atoms with Crippen LogP contribution < -0.4 is 5.32 Å². The van der Waals surface area contributed by atoms with E-state index in [2.05, 4.69) is 27.4 Å². The van der Waals surface area contributed by atoms with Gasteiger partial charge in [0.05, 0.1) is 6.61 Å². The van der Waals surface area contributed by atoms with Crippen molar-refractivity contribution in [3.63, 3.8) is 0 Å². The number of ether oxygens (including phenoxy) is 1. The van der Waals surface area contributed by atoms with E-state index in [4.69, 9.17) is 16.3 Å². The highest BCUT2D eigenvalue weighted by Crippen LogP contribution is 2.17. The zero-order valence-corrected chi connectivity index (χ0v) is 13.3. The lowest BCUT2D eigenvalue weighted by atomic mass is 10.1. The Balaban J connectivity index is 2.07. The Bertz CT molecular complexity index is 602. The summed E-state index contributed by atoms with van der Waals surface area (Å²) in [5.41, 5.74) is 2.32. The van der Waals surface area contributed by atoms with Gasteiger partial charge in [0.2, 0.25) is 0 Å². The van der Waals surface area contributed by atoms with Gasteiger partial charge in [0.1, 0.15) is 16.8 Å². The minimum absolute atomic E-state index is 0.245. The molecule has 0 aliphatic rings. The number of aromatic nitrogens is 2. The number of hydrogen-bond donors (Lipinski definition) is 1. The minimum atomic E-state index is 0.245. The maximum absolute atomic E-state index is 6.03. The van der Waals surface area contributed by atoms with Gasteiger partial charge in [-0.2, -0.15) is 0 Å². The van der Waals surface area contributed by atoms with Crippen LogP contribution in [0.1, 0.15) is 36.7 Å². The summed E-state index contributed by atoms with van der Waals surface area (Å²) in [6, 6.07) is 10.00. The zero-order valence-electron chi connectivity index (χ0n) is 12.6. The van der Waals surface area contributed by atoms with Crippen molar-refractivity contribution in [2.24, 2.45) is 0 Å². The van der Waals surface area contributed by atoms with Crippen LogP contribution in [0.2, 0.25) is 5.15 Å². The molecule has 0 fully saturated rings. The van der Waals surface area contributed by atoms with E-state index in [1.807, 2.05) is 26.0 Å². The minimum Gasteiger partial charge on any atom is -0.380 e. The molecule has 1 N–H and O–H groups in total. The van der Waals surface area contributed by atoms with Crippen LogP contribution in [0.5, 0.6) is 0 Å². The molecule has 0 radical (unpaired) electrons. The molecule has 0 saturated carbocycles. The van der Waals surface area contributed by atoms with Crippen LogP contribution in [0.15, 0.2) is 30.3 Å². The van der Waals surface area contributed by atoms with E-state index in [0.29, 0.717) is 18.3 Å². The Morgan fingerprint density at radius 2 is 1.95 bits per heavy atom. The Morgan fingerprint density at radius 1 is 1.19 bits per heavy atom. The number of nitrogens with one attached hydrogen (secondary N) is 1. The monoisotopic (exact) mass is 305 g/mol. The maximum Gasteiger partial charge on any atom is 0.135 e. The van der Waals surface area contributed by atoms with Gasteiger partial charge >= 0.3 is 0 Å².